The van der Waals surface area contributed by atoms with Crippen LogP contribution in [0.5, 0.6) is 0 Å². The third-order valence-corrected chi connectivity index (χ3v) is 3.66. The number of likely N-dealkylation sites (N-methyl/N-ethyl adjacent to an activating group) is 1. The van der Waals surface area contributed by atoms with Crippen molar-refractivity contribution in [2.45, 2.75) is 52.6 Å². The zero-order valence-corrected chi connectivity index (χ0v) is 12.9. The molecule has 5 heteroatoms. The maximum atomic E-state index is 4.39. The Labute approximate surface area is 117 Å². The molecule has 5 nitrogen and oxygen atoms in total. The van der Waals surface area contributed by atoms with Gasteiger partial charge in [-0.15, -0.1) is 0 Å². The molecule has 0 saturated carbocycles. The van der Waals surface area contributed by atoms with E-state index in [0.717, 1.165) is 51.3 Å². The van der Waals surface area contributed by atoms with Crippen LogP contribution >= 0.6 is 0 Å². The minimum atomic E-state index is 0.473. The molecule has 19 heavy (non-hydrogen) atoms. The van der Waals surface area contributed by atoms with E-state index >= 15 is 0 Å². The fraction of sp³-hybridized carbons (Fsp3) is 0.857. The quantitative estimate of drug-likeness (QED) is 0.699. The van der Waals surface area contributed by atoms with Crippen LogP contribution in [0.2, 0.25) is 0 Å². The van der Waals surface area contributed by atoms with Crippen molar-refractivity contribution in [2.24, 2.45) is 0 Å². The maximum Gasteiger partial charge on any atom is 0.138 e. The maximum absolute atomic E-state index is 4.39. The summed E-state index contributed by atoms with van der Waals surface area (Å²) in [4.78, 5) is 6.85. The summed E-state index contributed by atoms with van der Waals surface area (Å²) in [6, 6.07) is 0.473. The zero-order valence-electron chi connectivity index (χ0n) is 12.9. The van der Waals surface area contributed by atoms with Crippen molar-refractivity contribution >= 4 is 0 Å². The van der Waals surface area contributed by atoms with Crippen LogP contribution < -0.4 is 5.32 Å². The van der Waals surface area contributed by atoms with Crippen molar-refractivity contribution in [1.82, 2.24) is 25.0 Å². The van der Waals surface area contributed by atoms with Crippen LogP contribution in [-0.4, -0.2) is 52.4 Å². The number of aryl methyl sites for hydroxylation is 1. The third-order valence-electron chi connectivity index (χ3n) is 3.66. The van der Waals surface area contributed by atoms with Gasteiger partial charge in [-0.25, -0.2) is 4.98 Å². The molecule has 1 rings (SSSR count). The Balaban J connectivity index is 2.49. The molecule has 0 aliphatic heterocycles. The molecular weight excluding hydrogens is 238 g/mol. The van der Waals surface area contributed by atoms with Crippen LogP contribution in [0.25, 0.3) is 0 Å². The predicted molar refractivity (Wildman–Crippen MR) is 79.3 cm³/mol. The van der Waals surface area contributed by atoms with Crippen LogP contribution in [0.1, 0.15) is 39.4 Å². The van der Waals surface area contributed by atoms with Gasteiger partial charge in [0.05, 0.1) is 0 Å². The second kappa shape index (κ2) is 9.04. The molecule has 1 heterocycles. The first-order chi connectivity index (χ1) is 9.24. The molecule has 1 N–H and O–H groups in total. The Morgan fingerprint density at radius 2 is 2.05 bits per heavy atom. The highest BCUT2D eigenvalue weighted by Crippen LogP contribution is 2.05. The van der Waals surface area contributed by atoms with Crippen LogP contribution in [0, 0.1) is 0 Å². The standard InChI is InChI=1S/C14H29N5/c1-5-9-19-14(16-12-17-19)11-13(15-4)8-10-18(6-2)7-3/h12-13,15H,5-11H2,1-4H3. The van der Waals surface area contributed by atoms with Gasteiger partial charge in [-0.2, -0.15) is 5.10 Å². The van der Waals surface area contributed by atoms with Gasteiger partial charge in [-0.3, -0.25) is 4.68 Å². The zero-order chi connectivity index (χ0) is 14.1. The van der Waals surface area contributed by atoms with Crippen molar-refractivity contribution < 1.29 is 0 Å². The fourth-order valence-corrected chi connectivity index (χ4v) is 2.29. The van der Waals surface area contributed by atoms with E-state index in [2.05, 4.69) is 41.1 Å². The highest BCUT2D eigenvalue weighted by Gasteiger charge is 2.13. The number of hydrogen-bond donors (Lipinski definition) is 1. The Hall–Kier alpha value is -0.940. The van der Waals surface area contributed by atoms with E-state index in [1.165, 1.54) is 0 Å². The molecule has 1 unspecified atom stereocenters. The third kappa shape index (κ3) is 5.28. The van der Waals surface area contributed by atoms with Gasteiger partial charge < -0.3 is 10.2 Å². The van der Waals surface area contributed by atoms with Crippen molar-refractivity contribution in [3.63, 3.8) is 0 Å². The summed E-state index contributed by atoms with van der Waals surface area (Å²) in [5.74, 6) is 1.10. The summed E-state index contributed by atoms with van der Waals surface area (Å²) >= 11 is 0. The van der Waals surface area contributed by atoms with E-state index in [1.807, 2.05) is 11.7 Å². The van der Waals surface area contributed by atoms with E-state index in [4.69, 9.17) is 0 Å². The van der Waals surface area contributed by atoms with Crippen LogP contribution in [0.4, 0.5) is 0 Å². The lowest BCUT2D eigenvalue weighted by molar-refractivity contribution is 0.282. The van der Waals surface area contributed by atoms with E-state index in [1.54, 1.807) is 6.33 Å². The van der Waals surface area contributed by atoms with Crippen LogP contribution in [0.3, 0.4) is 0 Å². The summed E-state index contributed by atoms with van der Waals surface area (Å²) in [6.07, 6.45) is 4.87. The van der Waals surface area contributed by atoms with E-state index < -0.39 is 0 Å². The first-order valence-electron chi connectivity index (χ1n) is 7.51. The Kier molecular flexibility index (Phi) is 7.67. The molecule has 0 aliphatic rings. The normalized spacial score (nSPS) is 13.1. The van der Waals surface area contributed by atoms with Gasteiger partial charge in [-0.05, 0) is 39.5 Å². The molecule has 1 aromatic heterocycles. The molecule has 1 aromatic rings. The summed E-state index contributed by atoms with van der Waals surface area (Å²) in [5, 5.41) is 7.69. The number of nitrogens with zero attached hydrogens (tertiary/aromatic N) is 4. The van der Waals surface area contributed by atoms with Gasteiger partial charge in [0.15, 0.2) is 0 Å². The van der Waals surface area contributed by atoms with E-state index in [9.17, 15) is 0 Å². The lowest BCUT2D eigenvalue weighted by Crippen LogP contribution is -2.34. The fourth-order valence-electron chi connectivity index (χ4n) is 2.29. The summed E-state index contributed by atoms with van der Waals surface area (Å²) in [6.45, 7) is 11.0. The highest BCUT2D eigenvalue weighted by molar-refractivity contribution is 4.89. The second-order valence-electron chi connectivity index (χ2n) is 4.90. The van der Waals surface area contributed by atoms with Crippen LogP contribution in [0.15, 0.2) is 6.33 Å². The van der Waals surface area contributed by atoms with Gasteiger partial charge in [0.2, 0.25) is 0 Å². The molecule has 0 amide bonds. The van der Waals surface area contributed by atoms with Crippen LogP contribution in [-0.2, 0) is 13.0 Å². The number of hydrogen-bond acceptors (Lipinski definition) is 4. The second-order valence-corrected chi connectivity index (χ2v) is 4.90. The molecule has 0 bridgehead atoms. The SMILES string of the molecule is CCCn1ncnc1CC(CCN(CC)CC)NC. The van der Waals surface area contributed by atoms with E-state index in [0.29, 0.717) is 6.04 Å². The first-order valence-corrected chi connectivity index (χ1v) is 7.51. The van der Waals surface area contributed by atoms with Crippen molar-refractivity contribution in [3.8, 4) is 0 Å². The predicted octanol–water partition coefficient (Wildman–Crippen LogP) is 1.55. The molecule has 0 saturated heterocycles. The Morgan fingerprint density at radius 1 is 1.32 bits per heavy atom. The minimum absolute atomic E-state index is 0.473. The molecule has 0 spiro atoms. The molecular formula is C14H29N5. The summed E-state index contributed by atoms with van der Waals surface area (Å²) in [5.41, 5.74) is 0. The molecule has 110 valence electrons. The van der Waals surface area contributed by atoms with Gasteiger partial charge >= 0.3 is 0 Å². The summed E-state index contributed by atoms with van der Waals surface area (Å²) in [7, 11) is 2.04. The molecule has 0 radical (unpaired) electrons. The summed E-state index contributed by atoms with van der Waals surface area (Å²) < 4.78 is 2.03. The first kappa shape index (κ1) is 16.1. The Bertz CT molecular complexity index is 332. The number of nitrogens with one attached hydrogen (secondary N) is 1. The average molecular weight is 267 g/mol. The molecule has 1 atom stereocenters. The van der Waals surface area contributed by atoms with Gasteiger partial charge in [0, 0.05) is 19.0 Å². The largest absolute Gasteiger partial charge is 0.317 e. The highest BCUT2D eigenvalue weighted by atomic mass is 15.3. The molecule has 0 aliphatic carbocycles. The number of aromatic nitrogens is 3. The minimum Gasteiger partial charge on any atom is -0.317 e. The number of rotatable bonds is 10. The van der Waals surface area contributed by atoms with Gasteiger partial charge in [0.25, 0.3) is 0 Å². The monoisotopic (exact) mass is 267 g/mol. The van der Waals surface area contributed by atoms with Crippen molar-refractivity contribution in [2.75, 3.05) is 26.7 Å². The van der Waals surface area contributed by atoms with E-state index in [-0.39, 0.29) is 0 Å². The van der Waals surface area contributed by atoms with Crippen molar-refractivity contribution in [1.29, 1.82) is 0 Å². The molecule has 0 fully saturated rings. The van der Waals surface area contributed by atoms with Crippen molar-refractivity contribution in [3.05, 3.63) is 12.2 Å². The lowest BCUT2D eigenvalue weighted by Gasteiger charge is -2.22. The average Bonchev–Trinajstić information content (AvgIpc) is 2.86. The topological polar surface area (TPSA) is 46.0 Å². The smallest absolute Gasteiger partial charge is 0.138 e. The van der Waals surface area contributed by atoms with Gasteiger partial charge in [0.1, 0.15) is 12.2 Å². The molecule has 0 aromatic carbocycles. The Morgan fingerprint density at radius 3 is 2.63 bits per heavy atom. The lowest BCUT2D eigenvalue weighted by atomic mass is 10.1. The van der Waals surface area contributed by atoms with Gasteiger partial charge in [-0.1, -0.05) is 20.8 Å².